The van der Waals surface area contributed by atoms with Gasteiger partial charge in [-0.1, -0.05) is 69.4 Å². The zero-order valence-electron chi connectivity index (χ0n) is 17.9. The highest BCUT2D eigenvalue weighted by atomic mass is 35.5. The summed E-state index contributed by atoms with van der Waals surface area (Å²) in [5.74, 6) is 0.0505. The Morgan fingerprint density at radius 3 is 2.41 bits per heavy atom. The zero-order chi connectivity index (χ0) is 19.6. The summed E-state index contributed by atoms with van der Waals surface area (Å²) in [5.41, 5.74) is 6.76. The van der Waals surface area contributed by atoms with Gasteiger partial charge in [-0.05, 0) is 31.4 Å². The second kappa shape index (κ2) is 21.8. The van der Waals surface area contributed by atoms with Gasteiger partial charge in [0.2, 0.25) is 5.91 Å². The van der Waals surface area contributed by atoms with Crippen LogP contribution in [0.5, 0.6) is 0 Å². The Bertz CT molecular complexity index is 478. The summed E-state index contributed by atoms with van der Waals surface area (Å²) in [6, 6.07) is 9.97. The van der Waals surface area contributed by atoms with E-state index in [9.17, 15) is 4.79 Å². The summed E-state index contributed by atoms with van der Waals surface area (Å²) >= 11 is 0. The van der Waals surface area contributed by atoms with Gasteiger partial charge in [-0.2, -0.15) is 0 Å². The first-order valence-corrected chi connectivity index (χ1v) is 10.6. The van der Waals surface area contributed by atoms with Gasteiger partial charge in [-0.25, -0.2) is 0 Å². The number of rotatable bonds is 17. The van der Waals surface area contributed by atoms with E-state index in [1.54, 1.807) is 0 Å². The molecule has 0 aliphatic rings. The van der Waals surface area contributed by atoms with Crippen LogP contribution in [0.15, 0.2) is 30.3 Å². The van der Waals surface area contributed by atoms with E-state index >= 15 is 0 Å². The molecule has 29 heavy (non-hydrogen) atoms. The smallest absolute Gasteiger partial charge is 0.237 e. The van der Waals surface area contributed by atoms with Gasteiger partial charge in [-0.3, -0.25) is 4.79 Å². The number of amides is 1. The molecule has 1 aromatic carbocycles. The van der Waals surface area contributed by atoms with Crippen molar-refractivity contribution >= 4 is 30.7 Å². The number of hydrogen-bond donors (Lipinski definition) is 3. The van der Waals surface area contributed by atoms with Crippen LogP contribution in [0.2, 0.25) is 0 Å². The number of carbonyl (C=O) groups excluding carboxylic acids is 1. The largest absolute Gasteiger partial charge is 0.380 e. The number of carbonyl (C=O) groups is 1. The topological polar surface area (TPSA) is 76.4 Å². The fraction of sp³-hybridized carbons (Fsp3) is 0.682. The van der Waals surface area contributed by atoms with Crippen LogP contribution in [0.1, 0.15) is 63.9 Å². The molecule has 4 N–H and O–H groups in total. The number of benzene rings is 1. The Hall–Kier alpha value is -0.850. The van der Waals surface area contributed by atoms with E-state index in [2.05, 4.69) is 29.7 Å². The van der Waals surface area contributed by atoms with E-state index in [0.29, 0.717) is 26.2 Å². The summed E-state index contributed by atoms with van der Waals surface area (Å²) in [6.45, 7) is 5.50. The number of halogens is 2. The third kappa shape index (κ3) is 16.6. The molecule has 1 atom stereocenters. The molecule has 0 saturated heterocycles. The van der Waals surface area contributed by atoms with Crippen molar-refractivity contribution in [3.8, 4) is 0 Å². The van der Waals surface area contributed by atoms with Crippen molar-refractivity contribution in [1.82, 2.24) is 10.6 Å². The normalized spacial score (nSPS) is 11.2. The van der Waals surface area contributed by atoms with Crippen molar-refractivity contribution in [3.63, 3.8) is 0 Å². The van der Waals surface area contributed by atoms with Crippen LogP contribution >= 0.6 is 24.8 Å². The van der Waals surface area contributed by atoms with Crippen molar-refractivity contribution in [2.75, 3.05) is 26.3 Å². The van der Waals surface area contributed by atoms with E-state index in [-0.39, 0.29) is 36.8 Å². The van der Waals surface area contributed by atoms with Crippen LogP contribution in [0.3, 0.4) is 0 Å². The van der Waals surface area contributed by atoms with Crippen molar-refractivity contribution in [2.45, 2.75) is 70.9 Å². The first kappa shape index (κ1) is 30.3. The molecule has 170 valence electrons. The molecule has 1 unspecified atom stereocenters. The molecule has 1 amide bonds. The maximum Gasteiger partial charge on any atom is 0.237 e. The summed E-state index contributed by atoms with van der Waals surface area (Å²) < 4.78 is 5.62. The van der Waals surface area contributed by atoms with E-state index in [4.69, 9.17) is 10.5 Å². The average Bonchev–Trinajstić information content (AvgIpc) is 2.70. The third-order valence-corrected chi connectivity index (χ3v) is 4.60. The van der Waals surface area contributed by atoms with Gasteiger partial charge < -0.3 is 21.1 Å². The first-order valence-electron chi connectivity index (χ1n) is 10.6. The number of hydrogen-bond acceptors (Lipinski definition) is 4. The maximum absolute atomic E-state index is 12.5. The fourth-order valence-corrected chi connectivity index (χ4v) is 2.93. The number of nitrogens with one attached hydrogen (secondary N) is 2. The number of unbranched alkanes of at least 4 members (excludes halogenated alkanes) is 5. The van der Waals surface area contributed by atoms with Gasteiger partial charge in [0.25, 0.3) is 0 Å². The van der Waals surface area contributed by atoms with Crippen LogP contribution in [0, 0.1) is 0 Å². The molecule has 0 heterocycles. The van der Waals surface area contributed by atoms with Gasteiger partial charge in [0.1, 0.15) is 0 Å². The summed E-state index contributed by atoms with van der Waals surface area (Å²) in [4.78, 5) is 12.5. The van der Waals surface area contributed by atoms with Crippen LogP contribution in [0.4, 0.5) is 0 Å². The lowest BCUT2D eigenvalue weighted by Gasteiger charge is -2.18. The highest BCUT2D eigenvalue weighted by molar-refractivity contribution is 5.85. The molecule has 0 saturated carbocycles. The minimum Gasteiger partial charge on any atom is -0.380 e. The first-order chi connectivity index (χ1) is 13.3. The van der Waals surface area contributed by atoms with E-state index in [0.717, 1.165) is 32.3 Å². The van der Waals surface area contributed by atoms with Crippen LogP contribution in [0.25, 0.3) is 0 Å². The molecule has 0 aliphatic heterocycles. The lowest BCUT2D eigenvalue weighted by Crippen LogP contribution is -2.44. The molecule has 0 aliphatic carbocycles. The number of ether oxygens (including phenoxy) is 1. The average molecular weight is 450 g/mol. The number of nitrogens with two attached hydrogens (primary N) is 1. The molecule has 7 heteroatoms. The predicted molar refractivity (Wildman–Crippen MR) is 127 cm³/mol. The Morgan fingerprint density at radius 1 is 1.00 bits per heavy atom. The van der Waals surface area contributed by atoms with Crippen LogP contribution in [-0.4, -0.2) is 38.3 Å². The molecule has 0 radical (unpaired) electrons. The van der Waals surface area contributed by atoms with Crippen LogP contribution in [-0.2, 0) is 16.1 Å². The Morgan fingerprint density at radius 2 is 1.72 bits per heavy atom. The highest BCUT2D eigenvalue weighted by Gasteiger charge is 2.16. The molecular weight excluding hydrogens is 409 g/mol. The summed E-state index contributed by atoms with van der Waals surface area (Å²) in [7, 11) is 0. The molecule has 1 aromatic rings. The van der Waals surface area contributed by atoms with Gasteiger partial charge in [0.05, 0.1) is 12.6 Å². The second-order valence-electron chi connectivity index (χ2n) is 7.02. The molecular formula is C22H41Cl2N3O2. The zero-order valence-corrected chi connectivity index (χ0v) is 19.5. The summed E-state index contributed by atoms with van der Waals surface area (Å²) in [5, 5.41) is 6.38. The predicted octanol–water partition coefficient (Wildman–Crippen LogP) is 4.22. The molecule has 0 bridgehead atoms. The Kier molecular flexibility index (Phi) is 22.9. The van der Waals surface area contributed by atoms with E-state index in [1.165, 1.54) is 31.2 Å². The Balaban J connectivity index is 0. The van der Waals surface area contributed by atoms with Gasteiger partial charge in [0, 0.05) is 19.7 Å². The quantitative estimate of drug-likeness (QED) is 0.311. The van der Waals surface area contributed by atoms with Crippen molar-refractivity contribution in [1.29, 1.82) is 0 Å². The molecule has 0 fully saturated rings. The monoisotopic (exact) mass is 449 g/mol. The minimum absolute atomic E-state index is 0. The standard InChI is InChI=1S/C22H39N3O2.2ClH/c1-2-3-4-5-11-17-27-18-16-24-22(26)21(14-9-10-15-23)25-19-20-12-7-6-8-13-20;;/h6-8,12-13,21,25H,2-5,9-11,14-19,23H2,1H3,(H,24,26);2*1H. The molecule has 1 rings (SSSR count). The Labute approximate surface area is 189 Å². The van der Waals surface area contributed by atoms with Crippen molar-refractivity contribution in [3.05, 3.63) is 35.9 Å². The molecule has 0 spiro atoms. The van der Waals surface area contributed by atoms with Gasteiger partial charge in [-0.15, -0.1) is 24.8 Å². The van der Waals surface area contributed by atoms with E-state index < -0.39 is 0 Å². The maximum atomic E-state index is 12.5. The summed E-state index contributed by atoms with van der Waals surface area (Å²) in [6.07, 6.45) is 8.88. The van der Waals surface area contributed by atoms with Crippen molar-refractivity contribution in [2.24, 2.45) is 5.73 Å². The van der Waals surface area contributed by atoms with Gasteiger partial charge in [0.15, 0.2) is 0 Å². The van der Waals surface area contributed by atoms with Crippen molar-refractivity contribution < 1.29 is 9.53 Å². The van der Waals surface area contributed by atoms with E-state index in [1.807, 2.05) is 18.2 Å². The lowest BCUT2D eigenvalue weighted by molar-refractivity contribution is -0.123. The SMILES string of the molecule is CCCCCCCOCCNC(=O)C(CCCCN)NCc1ccccc1.Cl.Cl. The lowest BCUT2D eigenvalue weighted by atomic mass is 10.1. The molecule has 0 aromatic heterocycles. The molecule has 5 nitrogen and oxygen atoms in total. The third-order valence-electron chi connectivity index (χ3n) is 4.60. The van der Waals surface area contributed by atoms with Crippen LogP contribution < -0.4 is 16.4 Å². The minimum atomic E-state index is -0.189. The van der Waals surface area contributed by atoms with Gasteiger partial charge >= 0.3 is 0 Å². The fourth-order valence-electron chi connectivity index (χ4n) is 2.93. The second-order valence-corrected chi connectivity index (χ2v) is 7.02. The highest BCUT2D eigenvalue weighted by Crippen LogP contribution is 2.04.